The van der Waals surface area contributed by atoms with E-state index in [-0.39, 0.29) is 11.9 Å². The van der Waals surface area contributed by atoms with Crippen molar-refractivity contribution in [3.8, 4) is 0 Å². The Kier molecular flexibility index (Phi) is 2.16. The van der Waals surface area contributed by atoms with Crippen LogP contribution in [0, 0.1) is 5.82 Å². The zero-order valence-electron chi connectivity index (χ0n) is 7.09. The molecule has 1 unspecified atom stereocenters. The quantitative estimate of drug-likeness (QED) is 0.672. The first-order chi connectivity index (χ1) is 6.29. The number of fused-ring (bicyclic) bond motifs is 1. The van der Waals surface area contributed by atoms with Crippen molar-refractivity contribution < 1.29 is 9.23 Å². The Bertz CT molecular complexity index is 316. The number of anilines is 1. The average Bonchev–Trinajstić information content (AvgIpc) is 2.46. The molecule has 0 aliphatic carbocycles. The summed E-state index contributed by atoms with van der Waals surface area (Å²) in [5.41, 5.74) is 1.96. The number of nitrogens with two attached hydrogens (primary N) is 1. The van der Waals surface area contributed by atoms with E-state index in [1.807, 2.05) is 0 Å². The van der Waals surface area contributed by atoms with E-state index in [2.05, 4.69) is 10.2 Å². The number of nitrogens with one attached hydrogen (secondary N) is 1. The van der Waals surface area contributed by atoms with Crippen LogP contribution in [-0.2, 0) is 11.3 Å². The SMILES string of the molecule is NOCC1Cc2cc(F)ccc2N1. The second kappa shape index (κ2) is 3.32. The molecule has 1 aromatic carbocycles. The molecule has 3 nitrogen and oxygen atoms in total. The van der Waals surface area contributed by atoms with Crippen LogP contribution in [0.5, 0.6) is 0 Å². The predicted molar refractivity (Wildman–Crippen MR) is 47.7 cm³/mol. The molecular weight excluding hydrogens is 171 g/mol. The number of rotatable bonds is 2. The standard InChI is InChI=1S/C9H11FN2O/c10-7-1-2-9-6(3-7)4-8(12-9)5-13-11/h1-3,8,12H,4-5,11H2. The van der Waals surface area contributed by atoms with Crippen molar-refractivity contribution in [3.05, 3.63) is 29.6 Å². The maximum atomic E-state index is 12.8. The fourth-order valence-electron chi connectivity index (χ4n) is 1.63. The van der Waals surface area contributed by atoms with Gasteiger partial charge in [-0.2, -0.15) is 0 Å². The van der Waals surface area contributed by atoms with Gasteiger partial charge >= 0.3 is 0 Å². The van der Waals surface area contributed by atoms with Crippen molar-refractivity contribution in [1.29, 1.82) is 0 Å². The fourth-order valence-corrected chi connectivity index (χ4v) is 1.63. The maximum Gasteiger partial charge on any atom is 0.123 e. The highest BCUT2D eigenvalue weighted by Gasteiger charge is 2.20. The highest BCUT2D eigenvalue weighted by Crippen LogP contribution is 2.26. The molecule has 1 aliphatic heterocycles. The lowest BCUT2D eigenvalue weighted by Gasteiger charge is -2.07. The molecule has 1 atom stereocenters. The third-order valence-corrected chi connectivity index (χ3v) is 2.19. The van der Waals surface area contributed by atoms with E-state index >= 15 is 0 Å². The number of hydrogen-bond donors (Lipinski definition) is 2. The lowest BCUT2D eigenvalue weighted by Crippen LogP contribution is -2.24. The monoisotopic (exact) mass is 182 g/mol. The molecule has 0 spiro atoms. The first-order valence-electron chi connectivity index (χ1n) is 4.16. The molecule has 0 saturated carbocycles. The number of benzene rings is 1. The van der Waals surface area contributed by atoms with Gasteiger partial charge in [-0.25, -0.2) is 10.3 Å². The van der Waals surface area contributed by atoms with Crippen LogP contribution in [-0.4, -0.2) is 12.6 Å². The smallest absolute Gasteiger partial charge is 0.123 e. The molecule has 0 radical (unpaired) electrons. The first-order valence-corrected chi connectivity index (χ1v) is 4.16. The van der Waals surface area contributed by atoms with Crippen LogP contribution in [0.3, 0.4) is 0 Å². The molecule has 13 heavy (non-hydrogen) atoms. The lowest BCUT2D eigenvalue weighted by molar-refractivity contribution is 0.129. The van der Waals surface area contributed by atoms with Gasteiger partial charge in [-0.05, 0) is 30.2 Å². The molecule has 0 saturated heterocycles. The topological polar surface area (TPSA) is 47.3 Å². The van der Waals surface area contributed by atoms with E-state index < -0.39 is 0 Å². The third kappa shape index (κ3) is 1.64. The van der Waals surface area contributed by atoms with Crippen LogP contribution < -0.4 is 11.2 Å². The van der Waals surface area contributed by atoms with Gasteiger partial charge in [0, 0.05) is 5.69 Å². The van der Waals surface area contributed by atoms with Crippen molar-refractivity contribution in [2.75, 3.05) is 11.9 Å². The van der Waals surface area contributed by atoms with Crippen molar-refractivity contribution >= 4 is 5.69 Å². The van der Waals surface area contributed by atoms with Crippen LogP contribution in [0.25, 0.3) is 0 Å². The molecule has 0 aromatic heterocycles. The molecule has 70 valence electrons. The van der Waals surface area contributed by atoms with Gasteiger partial charge in [-0.1, -0.05) is 0 Å². The lowest BCUT2D eigenvalue weighted by atomic mass is 10.1. The summed E-state index contributed by atoms with van der Waals surface area (Å²) < 4.78 is 12.8. The minimum Gasteiger partial charge on any atom is -0.379 e. The fraction of sp³-hybridized carbons (Fsp3) is 0.333. The minimum absolute atomic E-state index is 0.168. The molecule has 2 rings (SSSR count). The van der Waals surface area contributed by atoms with Gasteiger partial charge < -0.3 is 10.2 Å². The summed E-state index contributed by atoms with van der Waals surface area (Å²) in [6.07, 6.45) is 0.768. The Morgan fingerprint density at radius 2 is 2.46 bits per heavy atom. The van der Waals surface area contributed by atoms with Crippen LogP contribution in [0.15, 0.2) is 18.2 Å². The molecule has 3 N–H and O–H groups in total. The van der Waals surface area contributed by atoms with Gasteiger partial charge in [0.15, 0.2) is 0 Å². The molecule has 0 bridgehead atoms. The number of hydrogen-bond acceptors (Lipinski definition) is 3. The van der Waals surface area contributed by atoms with E-state index in [1.54, 1.807) is 12.1 Å². The molecule has 0 fully saturated rings. The average molecular weight is 182 g/mol. The normalized spacial score (nSPS) is 19.7. The minimum atomic E-state index is -0.199. The van der Waals surface area contributed by atoms with E-state index in [1.165, 1.54) is 6.07 Å². The zero-order valence-corrected chi connectivity index (χ0v) is 7.09. The maximum absolute atomic E-state index is 12.8. The van der Waals surface area contributed by atoms with Gasteiger partial charge in [-0.15, -0.1) is 0 Å². The summed E-state index contributed by atoms with van der Waals surface area (Å²) in [7, 11) is 0. The Labute approximate surface area is 75.6 Å². The summed E-state index contributed by atoms with van der Waals surface area (Å²) in [4.78, 5) is 4.53. The van der Waals surface area contributed by atoms with Gasteiger partial charge in [0.05, 0.1) is 12.6 Å². The van der Waals surface area contributed by atoms with Crippen molar-refractivity contribution in [1.82, 2.24) is 0 Å². The molecule has 0 amide bonds. The Balaban J connectivity index is 2.16. The van der Waals surface area contributed by atoms with E-state index in [4.69, 9.17) is 5.90 Å². The van der Waals surface area contributed by atoms with Crippen LogP contribution in [0.4, 0.5) is 10.1 Å². The zero-order chi connectivity index (χ0) is 9.26. The van der Waals surface area contributed by atoms with Gasteiger partial charge in [0.2, 0.25) is 0 Å². The summed E-state index contributed by atoms with van der Waals surface area (Å²) in [6.45, 7) is 0.441. The predicted octanol–water partition coefficient (Wildman–Crippen LogP) is 1.05. The number of halogens is 1. The van der Waals surface area contributed by atoms with Crippen LogP contribution in [0.1, 0.15) is 5.56 Å². The van der Waals surface area contributed by atoms with Crippen molar-refractivity contribution in [3.63, 3.8) is 0 Å². The summed E-state index contributed by atoms with van der Waals surface area (Å²) in [6, 6.07) is 4.89. The van der Waals surface area contributed by atoms with Crippen LogP contribution in [0.2, 0.25) is 0 Å². The van der Waals surface area contributed by atoms with E-state index in [9.17, 15) is 4.39 Å². The van der Waals surface area contributed by atoms with E-state index in [0.29, 0.717) is 6.61 Å². The van der Waals surface area contributed by atoms with Crippen molar-refractivity contribution in [2.24, 2.45) is 5.90 Å². The Hall–Kier alpha value is -1.13. The van der Waals surface area contributed by atoms with Crippen LogP contribution >= 0.6 is 0 Å². The molecular formula is C9H11FN2O. The highest BCUT2D eigenvalue weighted by molar-refractivity contribution is 5.56. The second-order valence-electron chi connectivity index (χ2n) is 3.18. The van der Waals surface area contributed by atoms with E-state index in [0.717, 1.165) is 17.7 Å². The Morgan fingerprint density at radius 3 is 3.23 bits per heavy atom. The summed E-state index contributed by atoms with van der Waals surface area (Å²) in [5, 5.41) is 3.19. The largest absolute Gasteiger partial charge is 0.379 e. The molecule has 1 heterocycles. The summed E-state index contributed by atoms with van der Waals surface area (Å²) >= 11 is 0. The molecule has 1 aromatic rings. The van der Waals surface area contributed by atoms with Gasteiger partial charge in [-0.3, -0.25) is 0 Å². The molecule has 1 aliphatic rings. The summed E-state index contributed by atoms with van der Waals surface area (Å²) in [5.74, 6) is 4.76. The van der Waals surface area contributed by atoms with Gasteiger partial charge in [0.1, 0.15) is 5.82 Å². The van der Waals surface area contributed by atoms with Gasteiger partial charge in [0.25, 0.3) is 0 Å². The first kappa shape index (κ1) is 8.47. The second-order valence-corrected chi connectivity index (χ2v) is 3.18. The molecule has 4 heteroatoms. The highest BCUT2D eigenvalue weighted by atomic mass is 19.1. The van der Waals surface area contributed by atoms with Crippen molar-refractivity contribution in [2.45, 2.75) is 12.5 Å². The third-order valence-electron chi connectivity index (χ3n) is 2.19. The Morgan fingerprint density at radius 1 is 1.62 bits per heavy atom.